The van der Waals surface area contributed by atoms with E-state index in [1.165, 1.54) is 44.9 Å². The number of nitrogens with one attached hydrogen (secondary N) is 1. The Labute approximate surface area is 386 Å². The molecule has 3 unspecified atom stereocenters. The number of carbonyl (C=O) groups excluding carboxylic acids is 2. The van der Waals surface area contributed by atoms with Gasteiger partial charge in [-0.15, -0.1) is 0 Å². The molecule has 0 saturated heterocycles. The predicted octanol–water partition coefficient (Wildman–Crippen LogP) is 15.1. The quantitative estimate of drug-likeness (QED) is 0.0246. The standard InChI is InChI=1S/C57H91NO5/c1-4-7-10-13-16-19-22-24-26-28-30-32-34-36-39-42-45-48-53(51-56(61)58-54(52-59)55(60)49-46-43-40-37-21-18-15-12-9-6-3)63-57(62)50-47-44-41-38-35-33-31-29-27-25-23-20-17-14-11-8-5-2/h7-8,10-11,14,16-17,19-20,23-27,29-33,35-36,39,53-55,59-60H,4-6,9,12-13,15,18,21-22,28,34,37-38,40-52H2,1-3H3,(H,58,61)/b10-7-,11-8-,17-14+,19-16-,23-20+,26-24-,27-25-,31-29+,32-30-,35-33+,39-36-. The third-order valence-electron chi connectivity index (χ3n) is 10.4. The van der Waals surface area contributed by atoms with E-state index in [4.69, 9.17) is 4.74 Å². The second-order valence-electron chi connectivity index (χ2n) is 16.3. The van der Waals surface area contributed by atoms with Gasteiger partial charge in [-0.25, -0.2) is 0 Å². The smallest absolute Gasteiger partial charge is 0.306 e. The van der Waals surface area contributed by atoms with Crippen molar-refractivity contribution in [1.29, 1.82) is 0 Å². The van der Waals surface area contributed by atoms with Gasteiger partial charge in [-0.3, -0.25) is 9.59 Å². The summed E-state index contributed by atoms with van der Waals surface area (Å²) in [7, 11) is 0. The first-order valence-corrected chi connectivity index (χ1v) is 25.0. The van der Waals surface area contributed by atoms with Crippen molar-refractivity contribution in [2.24, 2.45) is 0 Å². The van der Waals surface area contributed by atoms with Gasteiger partial charge in [0.2, 0.25) is 5.91 Å². The summed E-state index contributed by atoms with van der Waals surface area (Å²) < 4.78 is 5.88. The number of unbranched alkanes of at least 4 members (excludes halogenated alkanes) is 13. The summed E-state index contributed by atoms with van der Waals surface area (Å²) in [4.78, 5) is 26.1. The Hall–Kier alpha value is -4.00. The molecule has 0 aliphatic carbocycles. The molecule has 6 nitrogen and oxygen atoms in total. The number of esters is 1. The van der Waals surface area contributed by atoms with E-state index in [-0.39, 0.29) is 24.9 Å². The molecule has 354 valence electrons. The number of carbonyl (C=O) groups is 2. The number of amides is 1. The maximum Gasteiger partial charge on any atom is 0.306 e. The summed E-state index contributed by atoms with van der Waals surface area (Å²) >= 11 is 0. The SMILES string of the molecule is CC\C=C/C=C/C=C/C=C\C=C\C=C\CCCCCC(=O)OC(CCC/C=C\C/C=C\C/C=C\C/C=C\C/C=C\CC)CC(=O)NC(CO)C(O)CCCCCCCCCCCC. The first kappa shape index (κ1) is 59.0. The van der Waals surface area contributed by atoms with Crippen LogP contribution in [0.4, 0.5) is 0 Å². The van der Waals surface area contributed by atoms with Crippen LogP contribution in [0, 0.1) is 0 Å². The molecular formula is C57H91NO5. The molecule has 0 aromatic heterocycles. The molecule has 0 heterocycles. The number of hydrogen-bond acceptors (Lipinski definition) is 5. The monoisotopic (exact) mass is 870 g/mol. The topological polar surface area (TPSA) is 95.9 Å². The molecule has 0 aliphatic heterocycles. The Kier molecular flexibility index (Phi) is 45.9. The van der Waals surface area contributed by atoms with Crippen molar-refractivity contribution in [3.05, 3.63) is 134 Å². The molecule has 3 atom stereocenters. The van der Waals surface area contributed by atoms with Crippen LogP contribution in [0.3, 0.4) is 0 Å². The molecule has 0 aliphatic rings. The minimum absolute atomic E-state index is 0.0103. The maximum absolute atomic E-state index is 13.2. The lowest BCUT2D eigenvalue weighted by Crippen LogP contribution is -2.46. The molecule has 0 aromatic rings. The number of aliphatic hydroxyl groups excluding tert-OH is 2. The second kappa shape index (κ2) is 49.0. The van der Waals surface area contributed by atoms with Crippen LogP contribution < -0.4 is 5.32 Å². The van der Waals surface area contributed by atoms with Gasteiger partial charge < -0.3 is 20.3 Å². The molecular weight excluding hydrogens is 779 g/mol. The highest BCUT2D eigenvalue weighted by atomic mass is 16.5. The van der Waals surface area contributed by atoms with Gasteiger partial charge in [0.15, 0.2) is 0 Å². The maximum atomic E-state index is 13.2. The Bertz CT molecular complexity index is 1390. The average Bonchev–Trinajstić information content (AvgIpc) is 3.28. The lowest BCUT2D eigenvalue weighted by Gasteiger charge is -2.24. The first-order chi connectivity index (χ1) is 31.0. The average molecular weight is 870 g/mol. The highest BCUT2D eigenvalue weighted by Crippen LogP contribution is 2.16. The van der Waals surface area contributed by atoms with Gasteiger partial charge in [0.1, 0.15) is 6.10 Å². The second-order valence-corrected chi connectivity index (χ2v) is 16.3. The summed E-state index contributed by atoms with van der Waals surface area (Å²) in [6.45, 7) is 6.16. The predicted molar refractivity (Wildman–Crippen MR) is 273 cm³/mol. The summed E-state index contributed by atoms with van der Waals surface area (Å²) in [5.74, 6) is -0.598. The van der Waals surface area contributed by atoms with Gasteiger partial charge in [-0.2, -0.15) is 0 Å². The molecule has 0 saturated carbocycles. The van der Waals surface area contributed by atoms with Crippen LogP contribution in [0.2, 0.25) is 0 Å². The van der Waals surface area contributed by atoms with E-state index < -0.39 is 18.2 Å². The van der Waals surface area contributed by atoms with Gasteiger partial charge >= 0.3 is 5.97 Å². The van der Waals surface area contributed by atoms with E-state index in [2.05, 4.69) is 99.0 Å². The Morgan fingerprint density at radius 1 is 0.492 bits per heavy atom. The van der Waals surface area contributed by atoms with Crippen LogP contribution in [-0.2, 0) is 14.3 Å². The van der Waals surface area contributed by atoms with Crippen LogP contribution in [0.25, 0.3) is 0 Å². The zero-order chi connectivity index (χ0) is 45.9. The van der Waals surface area contributed by atoms with Crippen molar-refractivity contribution in [2.75, 3.05) is 6.61 Å². The molecule has 3 N–H and O–H groups in total. The van der Waals surface area contributed by atoms with Crippen LogP contribution in [-0.4, -0.2) is 46.9 Å². The van der Waals surface area contributed by atoms with E-state index >= 15 is 0 Å². The van der Waals surface area contributed by atoms with Gasteiger partial charge in [0.25, 0.3) is 0 Å². The molecule has 63 heavy (non-hydrogen) atoms. The van der Waals surface area contributed by atoms with Gasteiger partial charge in [0, 0.05) is 6.42 Å². The number of hydrogen-bond donors (Lipinski definition) is 3. The normalized spacial score (nSPS) is 14.4. The summed E-state index contributed by atoms with van der Waals surface area (Å²) in [5, 5.41) is 23.7. The fraction of sp³-hybridized carbons (Fsp3) is 0.579. The van der Waals surface area contributed by atoms with Crippen molar-refractivity contribution in [1.82, 2.24) is 5.32 Å². The van der Waals surface area contributed by atoms with E-state index in [9.17, 15) is 19.8 Å². The zero-order valence-corrected chi connectivity index (χ0v) is 40.1. The molecule has 0 bridgehead atoms. The van der Waals surface area contributed by atoms with Crippen LogP contribution in [0.1, 0.15) is 188 Å². The number of aliphatic hydroxyl groups is 2. The largest absolute Gasteiger partial charge is 0.462 e. The number of allylic oxidation sites excluding steroid dienone is 22. The van der Waals surface area contributed by atoms with Crippen LogP contribution in [0.5, 0.6) is 0 Å². The van der Waals surface area contributed by atoms with Gasteiger partial charge in [-0.05, 0) is 83.5 Å². The lowest BCUT2D eigenvalue weighted by molar-refractivity contribution is -0.151. The van der Waals surface area contributed by atoms with Crippen LogP contribution in [0.15, 0.2) is 134 Å². The molecule has 0 spiro atoms. The van der Waals surface area contributed by atoms with Crippen molar-refractivity contribution >= 4 is 11.9 Å². The molecule has 0 radical (unpaired) electrons. The minimum Gasteiger partial charge on any atom is -0.462 e. The van der Waals surface area contributed by atoms with Crippen molar-refractivity contribution in [2.45, 2.75) is 206 Å². The van der Waals surface area contributed by atoms with Gasteiger partial charge in [-0.1, -0.05) is 225 Å². The van der Waals surface area contributed by atoms with Gasteiger partial charge in [0.05, 0.1) is 25.2 Å². The third-order valence-corrected chi connectivity index (χ3v) is 10.4. The Balaban J connectivity index is 4.85. The lowest BCUT2D eigenvalue weighted by atomic mass is 10.0. The van der Waals surface area contributed by atoms with Crippen molar-refractivity contribution in [3.63, 3.8) is 0 Å². The molecule has 0 fully saturated rings. The van der Waals surface area contributed by atoms with E-state index in [0.717, 1.165) is 96.3 Å². The Morgan fingerprint density at radius 2 is 0.952 bits per heavy atom. The Morgan fingerprint density at radius 3 is 1.49 bits per heavy atom. The summed E-state index contributed by atoms with van der Waals surface area (Å²) in [6.07, 6.45) is 69.3. The summed E-state index contributed by atoms with van der Waals surface area (Å²) in [5.41, 5.74) is 0. The fourth-order valence-electron chi connectivity index (χ4n) is 6.67. The van der Waals surface area contributed by atoms with Crippen LogP contribution >= 0.6 is 0 Å². The van der Waals surface area contributed by atoms with E-state index in [1.807, 2.05) is 60.8 Å². The fourth-order valence-corrected chi connectivity index (χ4v) is 6.67. The minimum atomic E-state index is -0.819. The summed E-state index contributed by atoms with van der Waals surface area (Å²) in [6, 6.07) is -0.738. The molecule has 1 amide bonds. The zero-order valence-electron chi connectivity index (χ0n) is 40.1. The van der Waals surface area contributed by atoms with Crippen molar-refractivity contribution < 1.29 is 24.5 Å². The number of ether oxygens (including phenoxy) is 1. The molecule has 0 rings (SSSR count). The van der Waals surface area contributed by atoms with E-state index in [1.54, 1.807) is 0 Å². The molecule has 6 heteroatoms. The third kappa shape index (κ3) is 44.4. The van der Waals surface area contributed by atoms with E-state index in [0.29, 0.717) is 19.3 Å². The number of rotatable bonds is 42. The molecule has 0 aromatic carbocycles. The first-order valence-electron chi connectivity index (χ1n) is 25.0. The van der Waals surface area contributed by atoms with Crippen molar-refractivity contribution in [3.8, 4) is 0 Å². The highest BCUT2D eigenvalue weighted by Gasteiger charge is 2.24. The highest BCUT2D eigenvalue weighted by molar-refractivity contribution is 5.77.